The summed E-state index contributed by atoms with van der Waals surface area (Å²) < 4.78 is 5.03. The number of amides is 1. The van der Waals surface area contributed by atoms with Gasteiger partial charge in [0.1, 0.15) is 6.61 Å². The lowest BCUT2D eigenvalue weighted by Gasteiger charge is -2.26. The summed E-state index contributed by atoms with van der Waals surface area (Å²) in [5.74, 6) is -0.0362. The van der Waals surface area contributed by atoms with Gasteiger partial charge in [0.05, 0.1) is 12.3 Å². The van der Waals surface area contributed by atoms with Crippen LogP contribution in [0.15, 0.2) is 24.3 Å². The molecule has 5 heteroatoms. The van der Waals surface area contributed by atoms with E-state index < -0.39 is 0 Å². The Morgan fingerprint density at radius 3 is 2.67 bits per heavy atom. The molecule has 1 aliphatic rings. The van der Waals surface area contributed by atoms with Crippen molar-refractivity contribution in [3.8, 4) is 0 Å². The molecular formula is C10H12N2O3. The minimum Gasteiger partial charge on any atom is -0.370 e. The molecule has 1 aliphatic heterocycles. The van der Waals surface area contributed by atoms with E-state index in [4.69, 9.17) is 9.94 Å². The standard InChI is InChI=1S/C10H12N2O3/c13-10-7-15-6-5-12(10)9-3-1-8(11-14)2-4-9/h1-4,11,14H,5-7H2. The predicted molar refractivity (Wildman–Crippen MR) is 55.0 cm³/mol. The van der Waals surface area contributed by atoms with E-state index in [1.807, 2.05) is 5.48 Å². The lowest BCUT2D eigenvalue weighted by atomic mass is 10.2. The zero-order valence-corrected chi connectivity index (χ0v) is 8.14. The Kier molecular flexibility index (Phi) is 2.84. The number of anilines is 2. The van der Waals surface area contributed by atoms with E-state index in [9.17, 15) is 4.79 Å². The van der Waals surface area contributed by atoms with Gasteiger partial charge in [-0.2, -0.15) is 0 Å². The number of carbonyl (C=O) groups excluding carboxylic acids is 1. The highest BCUT2D eigenvalue weighted by Gasteiger charge is 2.19. The number of hydrogen-bond acceptors (Lipinski definition) is 4. The molecule has 0 spiro atoms. The molecule has 0 aromatic heterocycles. The van der Waals surface area contributed by atoms with Gasteiger partial charge in [-0.3, -0.25) is 15.5 Å². The molecule has 0 unspecified atom stereocenters. The fourth-order valence-corrected chi connectivity index (χ4v) is 1.51. The molecule has 1 saturated heterocycles. The van der Waals surface area contributed by atoms with E-state index in [1.54, 1.807) is 29.2 Å². The van der Waals surface area contributed by atoms with Crippen LogP contribution in [0.3, 0.4) is 0 Å². The molecule has 1 aromatic rings. The topological polar surface area (TPSA) is 61.8 Å². The van der Waals surface area contributed by atoms with Crippen molar-refractivity contribution >= 4 is 17.3 Å². The number of nitrogens with zero attached hydrogens (tertiary/aromatic N) is 1. The van der Waals surface area contributed by atoms with Gasteiger partial charge in [-0.25, -0.2) is 0 Å². The smallest absolute Gasteiger partial charge is 0.253 e. The van der Waals surface area contributed by atoms with Gasteiger partial charge in [-0.1, -0.05) is 0 Å². The van der Waals surface area contributed by atoms with Crippen molar-refractivity contribution in [1.29, 1.82) is 0 Å². The van der Waals surface area contributed by atoms with Gasteiger partial charge in [-0.15, -0.1) is 0 Å². The Morgan fingerprint density at radius 1 is 1.33 bits per heavy atom. The van der Waals surface area contributed by atoms with Crippen LogP contribution in [0.4, 0.5) is 11.4 Å². The molecule has 2 N–H and O–H groups in total. The van der Waals surface area contributed by atoms with E-state index in [0.29, 0.717) is 18.8 Å². The Labute approximate surface area is 87.2 Å². The highest BCUT2D eigenvalue weighted by molar-refractivity contribution is 5.94. The lowest BCUT2D eigenvalue weighted by Crippen LogP contribution is -2.41. The summed E-state index contributed by atoms with van der Waals surface area (Å²) in [6.45, 7) is 1.27. The molecule has 80 valence electrons. The van der Waals surface area contributed by atoms with Gasteiger partial charge in [0, 0.05) is 12.2 Å². The zero-order chi connectivity index (χ0) is 10.7. The first kappa shape index (κ1) is 9.95. The summed E-state index contributed by atoms with van der Waals surface area (Å²) in [6.07, 6.45) is 0. The van der Waals surface area contributed by atoms with E-state index in [1.165, 1.54) is 0 Å². The fourth-order valence-electron chi connectivity index (χ4n) is 1.51. The molecule has 0 bridgehead atoms. The van der Waals surface area contributed by atoms with Crippen LogP contribution in [-0.2, 0) is 9.53 Å². The highest BCUT2D eigenvalue weighted by atomic mass is 16.5. The van der Waals surface area contributed by atoms with Crippen LogP contribution in [0.25, 0.3) is 0 Å². The van der Waals surface area contributed by atoms with Crippen molar-refractivity contribution in [1.82, 2.24) is 0 Å². The van der Waals surface area contributed by atoms with Gasteiger partial charge >= 0.3 is 0 Å². The molecule has 1 amide bonds. The van der Waals surface area contributed by atoms with Gasteiger partial charge in [-0.05, 0) is 24.3 Å². The Balaban J connectivity index is 2.17. The Bertz CT molecular complexity index is 350. The predicted octanol–water partition coefficient (Wildman–Crippen LogP) is 0.851. The molecule has 0 aliphatic carbocycles. The van der Waals surface area contributed by atoms with E-state index >= 15 is 0 Å². The minimum atomic E-state index is -0.0362. The van der Waals surface area contributed by atoms with Crippen molar-refractivity contribution in [2.45, 2.75) is 0 Å². The van der Waals surface area contributed by atoms with Crippen molar-refractivity contribution in [2.24, 2.45) is 0 Å². The summed E-state index contributed by atoms with van der Waals surface area (Å²) in [7, 11) is 0. The number of ether oxygens (including phenoxy) is 1. The van der Waals surface area contributed by atoms with E-state index in [-0.39, 0.29) is 12.5 Å². The maximum Gasteiger partial charge on any atom is 0.253 e. The maximum atomic E-state index is 11.5. The van der Waals surface area contributed by atoms with Crippen LogP contribution in [0.2, 0.25) is 0 Å². The number of hydrogen-bond donors (Lipinski definition) is 2. The molecule has 15 heavy (non-hydrogen) atoms. The lowest BCUT2D eigenvalue weighted by molar-refractivity contribution is -0.125. The molecular weight excluding hydrogens is 196 g/mol. The first-order valence-electron chi connectivity index (χ1n) is 4.69. The van der Waals surface area contributed by atoms with E-state index in [2.05, 4.69) is 0 Å². The Hall–Kier alpha value is -1.59. The third kappa shape index (κ3) is 2.08. The molecule has 1 fully saturated rings. The van der Waals surface area contributed by atoms with Crippen LogP contribution in [0.5, 0.6) is 0 Å². The number of rotatable bonds is 2. The fraction of sp³-hybridized carbons (Fsp3) is 0.300. The van der Waals surface area contributed by atoms with Crippen LogP contribution in [0.1, 0.15) is 0 Å². The van der Waals surface area contributed by atoms with Crippen LogP contribution in [0, 0.1) is 0 Å². The second-order valence-electron chi connectivity index (χ2n) is 3.26. The summed E-state index contributed by atoms with van der Waals surface area (Å²) in [5.41, 5.74) is 3.46. The van der Waals surface area contributed by atoms with Crippen molar-refractivity contribution in [3.05, 3.63) is 24.3 Å². The number of nitrogens with one attached hydrogen (secondary N) is 1. The summed E-state index contributed by atoms with van der Waals surface area (Å²) >= 11 is 0. The second kappa shape index (κ2) is 4.29. The highest BCUT2D eigenvalue weighted by Crippen LogP contribution is 2.18. The first-order valence-corrected chi connectivity index (χ1v) is 4.69. The monoisotopic (exact) mass is 208 g/mol. The van der Waals surface area contributed by atoms with Crippen molar-refractivity contribution < 1.29 is 14.7 Å². The third-order valence-electron chi connectivity index (χ3n) is 2.29. The minimum absolute atomic E-state index is 0.0362. The molecule has 5 nitrogen and oxygen atoms in total. The van der Waals surface area contributed by atoms with Gasteiger partial charge in [0.25, 0.3) is 5.91 Å². The quantitative estimate of drug-likeness (QED) is 0.707. The summed E-state index contributed by atoms with van der Waals surface area (Å²) in [4.78, 5) is 13.2. The van der Waals surface area contributed by atoms with Gasteiger partial charge in [0.15, 0.2) is 0 Å². The summed E-state index contributed by atoms with van der Waals surface area (Å²) in [5, 5.41) is 8.64. The number of benzene rings is 1. The molecule has 0 saturated carbocycles. The average Bonchev–Trinajstić information content (AvgIpc) is 2.30. The van der Waals surface area contributed by atoms with Crippen molar-refractivity contribution in [3.63, 3.8) is 0 Å². The van der Waals surface area contributed by atoms with Gasteiger partial charge < -0.3 is 9.64 Å². The second-order valence-corrected chi connectivity index (χ2v) is 3.26. The van der Waals surface area contributed by atoms with E-state index in [0.717, 1.165) is 5.69 Å². The zero-order valence-electron chi connectivity index (χ0n) is 8.14. The largest absolute Gasteiger partial charge is 0.370 e. The summed E-state index contributed by atoms with van der Waals surface area (Å²) in [6, 6.07) is 6.97. The average molecular weight is 208 g/mol. The van der Waals surface area contributed by atoms with Crippen LogP contribution < -0.4 is 10.4 Å². The maximum absolute atomic E-state index is 11.5. The molecule has 1 aromatic carbocycles. The molecule has 0 radical (unpaired) electrons. The third-order valence-corrected chi connectivity index (χ3v) is 2.29. The normalized spacial score (nSPS) is 16.6. The first-order chi connectivity index (χ1) is 7.31. The molecule has 1 heterocycles. The molecule has 2 rings (SSSR count). The number of morpholine rings is 1. The molecule has 0 atom stereocenters. The number of carbonyl (C=O) groups is 1. The SMILES string of the molecule is O=C1COCCN1c1ccc(NO)cc1. The van der Waals surface area contributed by atoms with Crippen LogP contribution in [-0.4, -0.2) is 30.9 Å². The Morgan fingerprint density at radius 2 is 2.07 bits per heavy atom. The van der Waals surface area contributed by atoms with Crippen LogP contribution >= 0.6 is 0 Å². The van der Waals surface area contributed by atoms with Crippen molar-refractivity contribution in [2.75, 3.05) is 30.1 Å². The van der Waals surface area contributed by atoms with Gasteiger partial charge in [0.2, 0.25) is 0 Å².